The number of amides is 1. The monoisotopic (exact) mass is 230 g/mol. The number of carbonyl (C=O) groups is 2. The molecule has 1 aliphatic rings. The maximum absolute atomic E-state index is 11.4. The molecule has 6 nitrogen and oxygen atoms in total. The molecule has 1 fully saturated rings. The number of hydrogen-bond acceptors (Lipinski definition) is 4. The number of rotatable bonds is 6. The standard InChI is InChI=1S/C10H18N2O4/c13-7-8(10(15)16)11-9(14)3-6-12-4-1-2-5-12/h8,13H,1-7H2,(H,11,14)(H,15,16)/t8-/m0/s1. The SMILES string of the molecule is O=C(CCN1CCCC1)N[C@@H](CO)C(=O)O. The van der Waals surface area contributed by atoms with Gasteiger partial charge in [0.05, 0.1) is 6.61 Å². The van der Waals surface area contributed by atoms with Crippen LogP contribution in [0.2, 0.25) is 0 Å². The molecule has 1 saturated heterocycles. The van der Waals surface area contributed by atoms with Gasteiger partial charge in [0.25, 0.3) is 0 Å². The second kappa shape index (κ2) is 6.44. The Labute approximate surface area is 94.2 Å². The van der Waals surface area contributed by atoms with Crippen molar-refractivity contribution in [2.24, 2.45) is 0 Å². The molecule has 0 unspecified atom stereocenters. The van der Waals surface area contributed by atoms with Gasteiger partial charge in [0.1, 0.15) is 6.04 Å². The van der Waals surface area contributed by atoms with Crippen LogP contribution in [0.4, 0.5) is 0 Å². The first-order chi connectivity index (χ1) is 7.63. The number of likely N-dealkylation sites (tertiary alicyclic amines) is 1. The van der Waals surface area contributed by atoms with Crippen molar-refractivity contribution < 1.29 is 19.8 Å². The molecule has 16 heavy (non-hydrogen) atoms. The fourth-order valence-corrected chi connectivity index (χ4v) is 1.72. The minimum atomic E-state index is -1.21. The third-order valence-electron chi connectivity index (χ3n) is 2.67. The lowest BCUT2D eigenvalue weighted by Crippen LogP contribution is -2.44. The molecule has 1 aliphatic heterocycles. The average Bonchev–Trinajstić information content (AvgIpc) is 2.75. The van der Waals surface area contributed by atoms with E-state index >= 15 is 0 Å². The molecular weight excluding hydrogens is 212 g/mol. The normalized spacial score (nSPS) is 18.3. The van der Waals surface area contributed by atoms with Gasteiger partial charge in [-0.05, 0) is 25.9 Å². The molecule has 1 rings (SSSR count). The zero-order valence-electron chi connectivity index (χ0n) is 9.19. The number of aliphatic hydroxyl groups excluding tert-OH is 1. The maximum atomic E-state index is 11.4. The highest BCUT2D eigenvalue weighted by Crippen LogP contribution is 2.07. The van der Waals surface area contributed by atoms with Gasteiger partial charge >= 0.3 is 5.97 Å². The van der Waals surface area contributed by atoms with Crippen molar-refractivity contribution in [1.29, 1.82) is 0 Å². The van der Waals surface area contributed by atoms with Crippen LogP contribution in [0.15, 0.2) is 0 Å². The summed E-state index contributed by atoms with van der Waals surface area (Å²) in [6.45, 7) is 2.10. The number of aliphatic hydroxyl groups is 1. The summed E-state index contributed by atoms with van der Waals surface area (Å²) >= 11 is 0. The smallest absolute Gasteiger partial charge is 0.328 e. The van der Waals surface area contributed by atoms with E-state index in [9.17, 15) is 9.59 Å². The first kappa shape index (κ1) is 12.9. The summed E-state index contributed by atoms with van der Waals surface area (Å²) in [7, 11) is 0. The molecule has 6 heteroatoms. The van der Waals surface area contributed by atoms with E-state index in [1.807, 2.05) is 0 Å². The van der Waals surface area contributed by atoms with Crippen LogP contribution in [0.25, 0.3) is 0 Å². The summed E-state index contributed by atoms with van der Waals surface area (Å²) in [5.41, 5.74) is 0. The average molecular weight is 230 g/mol. The molecule has 1 amide bonds. The van der Waals surface area contributed by atoms with E-state index < -0.39 is 18.6 Å². The van der Waals surface area contributed by atoms with Crippen molar-refractivity contribution in [1.82, 2.24) is 10.2 Å². The molecule has 0 radical (unpaired) electrons. The molecule has 92 valence electrons. The van der Waals surface area contributed by atoms with E-state index in [1.165, 1.54) is 0 Å². The highest BCUT2D eigenvalue weighted by atomic mass is 16.4. The Balaban J connectivity index is 2.21. The molecule has 0 aromatic carbocycles. The van der Waals surface area contributed by atoms with Crippen molar-refractivity contribution in [3.63, 3.8) is 0 Å². The quantitative estimate of drug-likeness (QED) is 0.546. The number of hydrogen-bond donors (Lipinski definition) is 3. The molecule has 0 aliphatic carbocycles. The third-order valence-corrected chi connectivity index (χ3v) is 2.67. The minimum Gasteiger partial charge on any atom is -0.480 e. The second-order valence-corrected chi connectivity index (χ2v) is 3.94. The van der Waals surface area contributed by atoms with Crippen molar-refractivity contribution in [2.75, 3.05) is 26.2 Å². The predicted octanol–water partition coefficient (Wildman–Crippen LogP) is -0.966. The summed E-state index contributed by atoms with van der Waals surface area (Å²) in [5.74, 6) is -1.54. The summed E-state index contributed by atoms with van der Waals surface area (Å²) in [6.07, 6.45) is 2.61. The fraction of sp³-hybridized carbons (Fsp3) is 0.800. The van der Waals surface area contributed by atoms with E-state index in [0.717, 1.165) is 25.9 Å². The van der Waals surface area contributed by atoms with Gasteiger partial charge in [-0.25, -0.2) is 4.79 Å². The third kappa shape index (κ3) is 4.16. The molecule has 0 bridgehead atoms. The van der Waals surface area contributed by atoms with Gasteiger partial charge in [0.15, 0.2) is 0 Å². The van der Waals surface area contributed by atoms with Crippen molar-refractivity contribution in [2.45, 2.75) is 25.3 Å². The molecular formula is C10H18N2O4. The lowest BCUT2D eigenvalue weighted by Gasteiger charge is -2.15. The summed E-state index contributed by atoms with van der Waals surface area (Å²) < 4.78 is 0. The zero-order valence-corrected chi connectivity index (χ0v) is 9.19. The van der Waals surface area contributed by atoms with Crippen LogP contribution in [0, 0.1) is 0 Å². The Hall–Kier alpha value is -1.14. The Kier molecular flexibility index (Phi) is 5.21. The van der Waals surface area contributed by atoms with Gasteiger partial charge < -0.3 is 20.4 Å². The van der Waals surface area contributed by atoms with Crippen molar-refractivity contribution in [3.05, 3.63) is 0 Å². The number of aliphatic carboxylic acids is 1. The van der Waals surface area contributed by atoms with E-state index in [0.29, 0.717) is 6.54 Å². The van der Waals surface area contributed by atoms with Gasteiger partial charge in [-0.1, -0.05) is 0 Å². The van der Waals surface area contributed by atoms with E-state index in [4.69, 9.17) is 10.2 Å². The number of carboxylic acid groups (broad SMARTS) is 1. The van der Waals surface area contributed by atoms with Crippen molar-refractivity contribution >= 4 is 11.9 Å². The molecule has 0 spiro atoms. The van der Waals surface area contributed by atoms with Gasteiger partial charge in [-0.3, -0.25) is 4.79 Å². The number of nitrogens with zero attached hydrogens (tertiary/aromatic N) is 1. The van der Waals surface area contributed by atoms with Crippen LogP contribution >= 0.6 is 0 Å². The van der Waals surface area contributed by atoms with Crippen LogP contribution in [-0.2, 0) is 9.59 Å². The second-order valence-electron chi connectivity index (χ2n) is 3.94. The molecule has 1 atom stereocenters. The highest BCUT2D eigenvalue weighted by Gasteiger charge is 2.19. The lowest BCUT2D eigenvalue weighted by atomic mass is 10.3. The highest BCUT2D eigenvalue weighted by molar-refractivity contribution is 5.83. The van der Waals surface area contributed by atoms with Crippen LogP contribution < -0.4 is 5.32 Å². The molecule has 0 aromatic rings. The van der Waals surface area contributed by atoms with Crippen LogP contribution in [-0.4, -0.2) is 59.3 Å². The topological polar surface area (TPSA) is 89.9 Å². The number of carbonyl (C=O) groups excluding carboxylic acids is 1. The molecule has 3 N–H and O–H groups in total. The van der Waals surface area contributed by atoms with E-state index in [2.05, 4.69) is 10.2 Å². The van der Waals surface area contributed by atoms with Crippen molar-refractivity contribution in [3.8, 4) is 0 Å². The van der Waals surface area contributed by atoms with E-state index in [1.54, 1.807) is 0 Å². The Morgan fingerprint density at radius 1 is 1.31 bits per heavy atom. The maximum Gasteiger partial charge on any atom is 0.328 e. The van der Waals surface area contributed by atoms with Crippen LogP contribution in [0.5, 0.6) is 0 Å². The minimum absolute atomic E-state index is 0.282. The van der Waals surface area contributed by atoms with Gasteiger partial charge in [-0.2, -0.15) is 0 Å². The molecule has 0 saturated carbocycles. The van der Waals surface area contributed by atoms with Gasteiger partial charge in [0, 0.05) is 13.0 Å². The van der Waals surface area contributed by atoms with Gasteiger partial charge in [0.2, 0.25) is 5.91 Å². The summed E-state index contributed by atoms with van der Waals surface area (Å²) in [4.78, 5) is 24.1. The first-order valence-corrected chi connectivity index (χ1v) is 5.49. The van der Waals surface area contributed by atoms with Crippen LogP contribution in [0.3, 0.4) is 0 Å². The Morgan fingerprint density at radius 3 is 2.44 bits per heavy atom. The largest absolute Gasteiger partial charge is 0.480 e. The molecule has 0 aromatic heterocycles. The predicted molar refractivity (Wildman–Crippen MR) is 56.9 cm³/mol. The first-order valence-electron chi connectivity index (χ1n) is 5.49. The lowest BCUT2D eigenvalue weighted by molar-refractivity contribution is -0.143. The summed E-state index contributed by atoms with van der Waals surface area (Å²) in [5, 5.41) is 19.6. The van der Waals surface area contributed by atoms with Gasteiger partial charge in [-0.15, -0.1) is 0 Å². The van der Waals surface area contributed by atoms with Crippen LogP contribution in [0.1, 0.15) is 19.3 Å². The Bertz CT molecular complexity index is 251. The Morgan fingerprint density at radius 2 is 1.94 bits per heavy atom. The number of carboxylic acids is 1. The molecule has 1 heterocycles. The zero-order chi connectivity index (χ0) is 12.0. The number of nitrogens with one attached hydrogen (secondary N) is 1. The van der Waals surface area contributed by atoms with E-state index in [-0.39, 0.29) is 12.3 Å². The fourth-order valence-electron chi connectivity index (χ4n) is 1.72. The summed E-state index contributed by atoms with van der Waals surface area (Å²) in [6, 6.07) is -1.19.